The van der Waals surface area contributed by atoms with Gasteiger partial charge in [-0.05, 0) is 32.2 Å². The van der Waals surface area contributed by atoms with E-state index in [1.807, 2.05) is 7.05 Å². The molecule has 0 aliphatic heterocycles. The van der Waals surface area contributed by atoms with E-state index in [1.165, 1.54) is 19.3 Å². The standard InChI is InChI=1S/C15H30N2O2/c1-12(2)9-13(11-18)17-14(19)10-15(16-3)7-5-4-6-8-15/h12-13,16,18H,4-11H2,1-3H3,(H,17,19). The van der Waals surface area contributed by atoms with Gasteiger partial charge in [0.15, 0.2) is 0 Å². The van der Waals surface area contributed by atoms with Crippen LogP contribution in [0.25, 0.3) is 0 Å². The number of amides is 1. The second-order valence-corrected chi connectivity index (χ2v) is 6.34. The van der Waals surface area contributed by atoms with Gasteiger partial charge in [0.25, 0.3) is 0 Å². The molecule has 1 aliphatic carbocycles. The summed E-state index contributed by atoms with van der Waals surface area (Å²) in [4.78, 5) is 12.2. The van der Waals surface area contributed by atoms with Gasteiger partial charge in [-0.3, -0.25) is 4.79 Å². The number of nitrogens with one attached hydrogen (secondary N) is 2. The Balaban J connectivity index is 2.47. The third-order valence-electron chi connectivity index (χ3n) is 4.18. The topological polar surface area (TPSA) is 61.4 Å². The van der Waals surface area contributed by atoms with E-state index in [1.54, 1.807) is 0 Å². The van der Waals surface area contributed by atoms with Crippen LogP contribution in [0, 0.1) is 5.92 Å². The van der Waals surface area contributed by atoms with Gasteiger partial charge in [0, 0.05) is 12.0 Å². The lowest BCUT2D eigenvalue weighted by Gasteiger charge is -2.37. The number of aliphatic hydroxyl groups excluding tert-OH is 1. The van der Waals surface area contributed by atoms with E-state index in [4.69, 9.17) is 0 Å². The minimum absolute atomic E-state index is 0.0243. The maximum atomic E-state index is 12.2. The monoisotopic (exact) mass is 270 g/mol. The molecule has 1 rings (SSSR count). The molecular weight excluding hydrogens is 240 g/mol. The molecule has 1 amide bonds. The number of carbonyl (C=O) groups is 1. The van der Waals surface area contributed by atoms with E-state index in [0.29, 0.717) is 12.3 Å². The predicted octanol–water partition coefficient (Wildman–Crippen LogP) is 1.82. The van der Waals surface area contributed by atoms with Gasteiger partial charge in [0.1, 0.15) is 0 Å². The molecule has 0 saturated heterocycles. The quantitative estimate of drug-likeness (QED) is 0.661. The summed E-state index contributed by atoms with van der Waals surface area (Å²) < 4.78 is 0. The van der Waals surface area contributed by atoms with Crippen molar-refractivity contribution in [2.75, 3.05) is 13.7 Å². The Kier molecular flexibility index (Phi) is 6.80. The number of aliphatic hydroxyl groups is 1. The highest BCUT2D eigenvalue weighted by molar-refractivity contribution is 5.77. The normalized spacial score (nSPS) is 20.3. The summed E-state index contributed by atoms with van der Waals surface area (Å²) >= 11 is 0. The molecule has 0 bridgehead atoms. The van der Waals surface area contributed by atoms with E-state index in [0.717, 1.165) is 19.3 Å². The third kappa shape index (κ3) is 5.49. The number of carbonyl (C=O) groups excluding carboxylic acids is 1. The highest BCUT2D eigenvalue weighted by Gasteiger charge is 2.33. The van der Waals surface area contributed by atoms with Crippen LogP contribution in [-0.4, -0.2) is 36.2 Å². The molecule has 0 heterocycles. The maximum absolute atomic E-state index is 12.2. The molecule has 0 aromatic rings. The van der Waals surface area contributed by atoms with Crippen LogP contribution in [0.5, 0.6) is 0 Å². The molecule has 4 nitrogen and oxygen atoms in total. The lowest BCUT2D eigenvalue weighted by Crippen LogP contribution is -2.50. The summed E-state index contributed by atoms with van der Waals surface area (Å²) in [6, 6.07) is -0.106. The van der Waals surface area contributed by atoms with Crippen LogP contribution in [0.3, 0.4) is 0 Å². The first-order valence-corrected chi connectivity index (χ1v) is 7.60. The van der Waals surface area contributed by atoms with Crippen molar-refractivity contribution < 1.29 is 9.90 Å². The van der Waals surface area contributed by atoms with Crippen LogP contribution < -0.4 is 10.6 Å². The molecule has 0 spiro atoms. The van der Waals surface area contributed by atoms with Crippen molar-refractivity contribution in [3.63, 3.8) is 0 Å². The summed E-state index contributed by atoms with van der Waals surface area (Å²) in [5, 5.41) is 15.7. The van der Waals surface area contributed by atoms with E-state index >= 15 is 0 Å². The molecule has 1 aliphatic rings. The summed E-state index contributed by atoms with van der Waals surface area (Å²) in [5.41, 5.74) is -0.0276. The van der Waals surface area contributed by atoms with Gasteiger partial charge in [-0.1, -0.05) is 33.1 Å². The Bertz CT molecular complexity index is 273. The highest BCUT2D eigenvalue weighted by Crippen LogP contribution is 2.30. The molecule has 1 atom stereocenters. The summed E-state index contributed by atoms with van der Waals surface area (Å²) in [5.74, 6) is 0.543. The van der Waals surface area contributed by atoms with E-state index in [-0.39, 0.29) is 24.1 Å². The van der Waals surface area contributed by atoms with Gasteiger partial charge in [0.05, 0.1) is 12.6 Å². The fourth-order valence-electron chi connectivity index (χ4n) is 3.08. The Morgan fingerprint density at radius 2 is 1.89 bits per heavy atom. The maximum Gasteiger partial charge on any atom is 0.222 e. The van der Waals surface area contributed by atoms with Gasteiger partial charge < -0.3 is 15.7 Å². The molecule has 0 aromatic heterocycles. The molecule has 4 heteroatoms. The molecule has 0 aromatic carbocycles. The van der Waals surface area contributed by atoms with Crippen LogP contribution in [0.1, 0.15) is 58.8 Å². The lowest BCUT2D eigenvalue weighted by molar-refractivity contribution is -0.124. The zero-order valence-electron chi connectivity index (χ0n) is 12.7. The van der Waals surface area contributed by atoms with Gasteiger partial charge in [-0.15, -0.1) is 0 Å². The number of rotatable bonds is 7. The van der Waals surface area contributed by atoms with Crippen molar-refractivity contribution in [2.45, 2.75) is 70.4 Å². The average molecular weight is 270 g/mol. The van der Waals surface area contributed by atoms with Crippen LogP contribution in [0.4, 0.5) is 0 Å². The molecule has 19 heavy (non-hydrogen) atoms. The first-order chi connectivity index (χ1) is 9.01. The molecule has 1 saturated carbocycles. The fraction of sp³-hybridized carbons (Fsp3) is 0.933. The molecule has 0 radical (unpaired) electrons. The van der Waals surface area contributed by atoms with E-state index in [9.17, 15) is 9.90 Å². The molecule has 112 valence electrons. The van der Waals surface area contributed by atoms with Crippen LogP contribution in [0.2, 0.25) is 0 Å². The van der Waals surface area contributed by atoms with Gasteiger partial charge in [0.2, 0.25) is 5.91 Å². The van der Waals surface area contributed by atoms with Crippen molar-refractivity contribution in [1.82, 2.24) is 10.6 Å². The Morgan fingerprint density at radius 3 is 2.37 bits per heavy atom. The average Bonchev–Trinajstić information content (AvgIpc) is 2.38. The minimum atomic E-state index is -0.106. The van der Waals surface area contributed by atoms with Gasteiger partial charge in [-0.25, -0.2) is 0 Å². The van der Waals surface area contributed by atoms with E-state index in [2.05, 4.69) is 24.5 Å². The molecule has 1 unspecified atom stereocenters. The first-order valence-electron chi connectivity index (χ1n) is 7.60. The molecule has 1 fully saturated rings. The number of hydrogen-bond acceptors (Lipinski definition) is 3. The highest BCUT2D eigenvalue weighted by atomic mass is 16.3. The zero-order chi connectivity index (χ0) is 14.3. The van der Waals surface area contributed by atoms with Crippen molar-refractivity contribution in [2.24, 2.45) is 5.92 Å². The minimum Gasteiger partial charge on any atom is -0.394 e. The van der Waals surface area contributed by atoms with Crippen molar-refractivity contribution in [3.8, 4) is 0 Å². The van der Waals surface area contributed by atoms with Crippen LogP contribution in [0.15, 0.2) is 0 Å². The second-order valence-electron chi connectivity index (χ2n) is 6.34. The Labute approximate surface area is 117 Å². The summed E-state index contributed by atoms with van der Waals surface area (Å²) in [6.45, 7) is 4.23. The van der Waals surface area contributed by atoms with E-state index < -0.39 is 0 Å². The Hall–Kier alpha value is -0.610. The van der Waals surface area contributed by atoms with Gasteiger partial charge >= 0.3 is 0 Å². The molecule has 3 N–H and O–H groups in total. The first kappa shape index (κ1) is 16.4. The van der Waals surface area contributed by atoms with Crippen LogP contribution >= 0.6 is 0 Å². The lowest BCUT2D eigenvalue weighted by atomic mass is 9.79. The van der Waals surface area contributed by atoms with Crippen molar-refractivity contribution >= 4 is 5.91 Å². The van der Waals surface area contributed by atoms with Crippen molar-refractivity contribution in [1.29, 1.82) is 0 Å². The molecular formula is C15H30N2O2. The summed E-state index contributed by atoms with van der Waals surface area (Å²) in [6.07, 6.45) is 7.17. The summed E-state index contributed by atoms with van der Waals surface area (Å²) in [7, 11) is 1.95. The van der Waals surface area contributed by atoms with Crippen molar-refractivity contribution in [3.05, 3.63) is 0 Å². The largest absolute Gasteiger partial charge is 0.394 e. The van der Waals surface area contributed by atoms with Crippen LogP contribution in [-0.2, 0) is 4.79 Å². The number of hydrogen-bond donors (Lipinski definition) is 3. The fourth-order valence-corrected chi connectivity index (χ4v) is 3.08. The zero-order valence-corrected chi connectivity index (χ0v) is 12.7. The smallest absolute Gasteiger partial charge is 0.222 e. The SMILES string of the molecule is CNC1(CC(=O)NC(CO)CC(C)C)CCCCC1. The predicted molar refractivity (Wildman–Crippen MR) is 78.0 cm³/mol. The second kappa shape index (κ2) is 7.85. The third-order valence-corrected chi connectivity index (χ3v) is 4.18. The Morgan fingerprint density at radius 1 is 1.26 bits per heavy atom. The van der Waals surface area contributed by atoms with Gasteiger partial charge in [-0.2, -0.15) is 0 Å².